The molecule has 0 aromatic carbocycles. The maximum absolute atomic E-state index is 10.3. The van der Waals surface area contributed by atoms with Gasteiger partial charge in [0, 0.05) is 5.25 Å². The Labute approximate surface area is 86.5 Å². The van der Waals surface area contributed by atoms with Crippen LogP contribution in [-0.4, -0.2) is 23.0 Å². The van der Waals surface area contributed by atoms with Crippen molar-refractivity contribution in [1.82, 2.24) is 0 Å². The summed E-state index contributed by atoms with van der Waals surface area (Å²) in [6.45, 7) is 3.98. The van der Waals surface area contributed by atoms with E-state index in [2.05, 4.69) is 4.52 Å². The van der Waals surface area contributed by atoms with E-state index in [-0.39, 0.29) is 11.9 Å². The number of phosphoric ester groups is 1. The Morgan fingerprint density at radius 1 is 1.62 bits per heavy atom. The van der Waals surface area contributed by atoms with Crippen molar-refractivity contribution in [3.05, 3.63) is 0 Å². The minimum atomic E-state index is -4.56. The third-order valence-corrected chi connectivity index (χ3v) is 4.28. The topological polar surface area (TPSA) is 69.6 Å². The number of phosphoric acid groups is 1. The quantitative estimate of drug-likeness (QED) is 0.565. The standard InChI is InChI=1S/C6H15O4PS2/c1-5(2)6(13-12-3)4-10-11(7,8)9/h5-6H,4H2,1-3H3,(H2,7,8,9)/p-1/t6-/m0/s1. The highest BCUT2D eigenvalue weighted by Gasteiger charge is 2.16. The number of rotatable bonds is 6. The first-order valence-corrected chi connectivity index (χ1v) is 7.86. The predicted molar refractivity (Wildman–Crippen MR) is 55.5 cm³/mol. The van der Waals surface area contributed by atoms with E-state index in [1.807, 2.05) is 20.1 Å². The first-order valence-electron chi connectivity index (χ1n) is 3.74. The molecule has 0 aliphatic carbocycles. The summed E-state index contributed by atoms with van der Waals surface area (Å²) >= 11 is 0. The molecule has 0 aliphatic heterocycles. The fourth-order valence-corrected chi connectivity index (χ4v) is 3.24. The normalized spacial score (nSPS) is 18.6. The Bertz CT molecular complexity index is 181. The van der Waals surface area contributed by atoms with Crippen LogP contribution in [0.1, 0.15) is 13.8 Å². The zero-order chi connectivity index (χ0) is 10.5. The Balaban J connectivity index is 3.90. The number of hydrogen-bond acceptors (Lipinski definition) is 5. The highest BCUT2D eigenvalue weighted by molar-refractivity contribution is 8.76. The average molecular weight is 245 g/mol. The van der Waals surface area contributed by atoms with Gasteiger partial charge < -0.3 is 14.3 Å². The van der Waals surface area contributed by atoms with Crippen LogP contribution in [0.4, 0.5) is 0 Å². The largest absolute Gasteiger partial charge is 0.756 e. The SMILES string of the molecule is CSS[C@@H](COP(=O)([O-])O)C(C)C. The Morgan fingerprint density at radius 3 is 2.46 bits per heavy atom. The molecule has 80 valence electrons. The molecule has 2 atom stereocenters. The maximum Gasteiger partial charge on any atom is 0.265 e. The lowest BCUT2D eigenvalue weighted by Gasteiger charge is -2.22. The molecule has 7 heteroatoms. The molecular formula is C6H14O4PS2-. The fourth-order valence-electron chi connectivity index (χ4n) is 0.623. The van der Waals surface area contributed by atoms with Crippen molar-refractivity contribution in [1.29, 1.82) is 0 Å². The van der Waals surface area contributed by atoms with E-state index in [4.69, 9.17) is 4.89 Å². The molecule has 1 N–H and O–H groups in total. The molecule has 0 bridgehead atoms. The number of hydrogen-bond donors (Lipinski definition) is 1. The molecule has 0 aromatic heterocycles. The van der Waals surface area contributed by atoms with Gasteiger partial charge in [-0.1, -0.05) is 35.4 Å². The molecule has 0 aliphatic rings. The maximum atomic E-state index is 10.3. The van der Waals surface area contributed by atoms with E-state index in [0.29, 0.717) is 5.92 Å². The van der Waals surface area contributed by atoms with Crippen molar-refractivity contribution in [2.24, 2.45) is 5.92 Å². The summed E-state index contributed by atoms with van der Waals surface area (Å²) in [7, 11) is -1.46. The molecule has 0 heterocycles. The molecule has 0 saturated heterocycles. The molecule has 0 rings (SSSR count). The van der Waals surface area contributed by atoms with Crippen LogP contribution in [0, 0.1) is 5.92 Å². The van der Waals surface area contributed by atoms with Gasteiger partial charge in [-0.05, 0) is 12.2 Å². The molecule has 0 fully saturated rings. The third-order valence-electron chi connectivity index (χ3n) is 1.37. The lowest BCUT2D eigenvalue weighted by molar-refractivity contribution is -0.219. The van der Waals surface area contributed by atoms with Crippen molar-refractivity contribution < 1.29 is 18.9 Å². The molecule has 1 unspecified atom stereocenters. The van der Waals surface area contributed by atoms with Gasteiger partial charge in [0.2, 0.25) is 0 Å². The van der Waals surface area contributed by atoms with Gasteiger partial charge in [-0.2, -0.15) is 0 Å². The molecular weight excluding hydrogens is 231 g/mol. The third kappa shape index (κ3) is 7.85. The van der Waals surface area contributed by atoms with Gasteiger partial charge in [0.05, 0.1) is 6.61 Å². The van der Waals surface area contributed by atoms with Gasteiger partial charge in [0.25, 0.3) is 7.82 Å². The van der Waals surface area contributed by atoms with Crippen molar-refractivity contribution in [2.75, 3.05) is 12.9 Å². The first kappa shape index (κ1) is 13.8. The molecule has 0 radical (unpaired) electrons. The summed E-state index contributed by atoms with van der Waals surface area (Å²) in [5.74, 6) is 0.309. The summed E-state index contributed by atoms with van der Waals surface area (Å²) in [5.41, 5.74) is 0. The summed E-state index contributed by atoms with van der Waals surface area (Å²) in [5, 5.41) is 0.0735. The van der Waals surface area contributed by atoms with Crippen molar-refractivity contribution in [3.8, 4) is 0 Å². The molecule has 0 aromatic rings. The summed E-state index contributed by atoms with van der Waals surface area (Å²) in [6.07, 6.45) is 1.91. The van der Waals surface area contributed by atoms with Gasteiger partial charge in [0.1, 0.15) is 0 Å². The van der Waals surface area contributed by atoms with Crippen LogP contribution in [-0.2, 0) is 9.09 Å². The zero-order valence-electron chi connectivity index (χ0n) is 7.80. The van der Waals surface area contributed by atoms with Gasteiger partial charge >= 0.3 is 0 Å². The zero-order valence-corrected chi connectivity index (χ0v) is 10.3. The Kier molecular flexibility index (Phi) is 6.72. The Morgan fingerprint density at radius 2 is 2.15 bits per heavy atom. The summed E-state index contributed by atoms with van der Waals surface area (Å²) in [6, 6.07) is 0. The van der Waals surface area contributed by atoms with Gasteiger partial charge in [-0.15, -0.1) is 0 Å². The fraction of sp³-hybridized carbons (Fsp3) is 1.00. The lowest BCUT2D eigenvalue weighted by Crippen LogP contribution is -2.18. The smallest absolute Gasteiger partial charge is 0.265 e. The second-order valence-corrected chi connectivity index (χ2v) is 6.71. The second kappa shape index (κ2) is 6.32. The monoisotopic (exact) mass is 245 g/mol. The van der Waals surface area contributed by atoms with Crippen LogP contribution in [0.3, 0.4) is 0 Å². The molecule has 0 amide bonds. The van der Waals surface area contributed by atoms with E-state index < -0.39 is 7.82 Å². The Hall–Kier alpha value is 0.810. The van der Waals surface area contributed by atoms with Crippen LogP contribution in [0.15, 0.2) is 0 Å². The molecule has 4 nitrogen and oxygen atoms in total. The highest BCUT2D eigenvalue weighted by Crippen LogP contribution is 2.35. The molecule has 0 spiro atoms. The van der Waals surface area contributed by atoms with Crippen molar-refractivity contribution in [2.45, 2.75) is 19.1 Å². The van der Waals surface area contributed by atoms with E-state index in [1.54, 1.807) is 21.6 Å². The van der Waals surface area contributed by atoms with Crippen LogP contribution in [0.2, 0.25) is 0 Å². The second-order valence-electron chi connectivity index (χ2n) is 2.81. The lowest BCUT2D eigenvalue weighted by atomic mass is 10.1. The van der Waals surface area contributed by atoms with Crippen LogP contribution < -0.4 is 4.89 Å². The van der Waals surface area contributed by atoms with E-state index in [0.717, 1.165) is 0 Å². The van der Waals surface area contributed by atoms with Crippen LogP contribution in [0.25, 0.3) is 0 Å². The van der Waals surface area contributed by atoms with Crippen molar-refractivity contribution in [3.63, 3.8) is 0 Å². The average Bonchev–Trinajstić information content (AvgIpc) is 1.95. The van der Waals surface area contributed by atoms with E-state index in [1.165, 1.54) is 0 Å². The summed E-state index contributed by atoms with van der Waals surface area (Å²) < 4.78 is 14.6. The van der Waals surface area contributed by atoms with Crippen LogP contribution >= 0.6 is 29.4 Å². The van der Waals surface area contributed by atoms with E-state index >= 15 is 0 Å². The van der Waals surface area contributed by atoms with E-state index in [9.17, 15) is 9.46 Å². The summed E-state index contributed by atoms with van der Waals surface area (Å²) in [4.78, 5) is 18.7. The molecule has 0 saturated carbocycles. The molecule has 13 heavy (non-hydrogen) atoms. The van der Waals surface area contributed by atoms with Gasteiger partial charge in [-0.3, -0.25) is 4.57 Å². The minimum Gasteiger partial charge on any atom is -0.756 e. The first-order chi connectivity index (χ1) is 5.87. The predicted octanol–water partition coefficient (Wildman–Crippen LogP) is 1.50. The van der Waals surface area contributed by atoms with Gasteiger partial charge in [-0.25, -0.2) is 0 Å². The van der Waals surface area contributed by atoms with Gasteiger partial charge in [0.15, 0.2) is 0 Å². The minimum absolute atomic E-state index is 0.0282. The van der Waals surface area contributed by atoms with Crippen LogP contribution in [0.5, 0.6) is 0 Å². The van der Waals surface area contributed by atoms with Crippen molar-refractivity contribution >= 4 is 29.4 Å². The highest BCUT2D eigenvalue weighted by atomic mass is 33.1.